The van der Waals surface area contributed by atoms with Gasteiger partial charge in [-0.05, 0) is 58.5 Å². The molecule has 1 saturated heterocycles. The van der Waals surface area contributed by atoms with Crippen molar-refractivity contribution in [2.45, 2.75) is 51.5 Å². The smallest absolute Gasteiger partial charge is 0.213 e. The SMILES string of the molecule is CCS(=O)(=O)N(C)C1CCN(CC2=CCCCC2)CC1. The summed E-state index contributed by atoms with van der Waals surface area (Å²) in [5, 5.41) is 0. The fourth-order valence-corrected chi connectivity index (χ4v) is 4.28. The van der Waals surface area contributed by atoms with Gasteiger partial charge >= 0.3 is 0 Å². The quantitative estimate of drug-likeness (QED) is 0.731. The van der Waals surface area contributed by atoms with Crippen molar-refractivity contribution in [3.05, 3.63) is 11.6 Å². The van der Waals surface area contributed by atoms with E-state index in [2.05, 4.69) is 11.0 Å². The molecule has 4 nitrogen and oxygen atoms in total. The maximum absolute atomic E-state index is 11.9. The molecule has 0 amide bonds. The summed E-state index contributed by atoms with van der Waals surface area (Å²) in [6.07, 6.45) is 9.49. The van der Waals surface area contributed by atoms with Crippen LogP contribution in [0.1, 0.15) is 45.4 Å². The van der Waals surface area contributed by atoms with E-state index in [0.717, 1.165) is 32.5 Å². The molecule has 0 N–H and O–H groups in total. The van der Waals surface area contributed by atoms with Crippen LogP contribution in [0.5, 0.6) is 0 Å². The van der Waals surface area contributed by atoms with Crippen LogP contribution in [0.3, 0.4) is 0 Å². The van der Waals surface area contributed by atoms with Crippen molar-refractivity contribution in [1.82, 2.24) is 9.21 Å². The average molecular weight is 300 g/mol. The van der Waals surface area contributed by atoms with Gasteiger partial charge < -0.3 is 0 Å². The van der Waals surface area contributed by atoms with Crippen LogP contribution in [0.15, 0.2) is 11.6 Å². The van der Waals surface area contributed by atoms with E-state index in [1.165, 1.54) is 25.7 Å². The van der Waals surface area contributed by atoms with Crippen LogP contribution < -0.4 is 0 Å². The van der Waals surface area contributed by atoms with Crippen LogP contribution in [-0.4, -0.2) is 56.1 Å². The van der Waals surface area contributed by atoms with Crippen molar-refractivity contribution >= 4 is 10.0 Å². The fraction of sp³-hybridized carbons (Fsp3) is 0.867. The van der Waals surface area contributed by atoms with Crippen LogP contribution in [0, 0.1) is 0 Å². The van der Waals surface area contributed by atoms with E-state index in [-0.39, 0.29) is 11.8 Å². The van der Waals surface area contributed by atoms with Crippen molar-refractivity contribution in [1.29, 1.82) is 0 Å². The molecule has 1 fully saturated rings. The Morgan fingerprint density at radius 2 is 2.00 bits per heavy atom. The first-order chi connectivity index (χ1) is 9.53. The molecule has 0 aromatic heterocycles. The lowest BCUT2D eigenvalue weighted by Gasteiger charge is -2.36. The molecule has 1 heterocycles. The molecule has 0 bridgehead atoms. The van der Waals surface area contributed by atoms with Crippen molar-refractivity contribution in [2.24, 2.45) is 0 Å². The average Bonchev–Trinajstić information content (AvgIpc) is 2.48. The number of piperidine rings is 1. The van der Waals surface area contributed by atoms with Gasteiger partial charge in [-0.1, -0.05) is 11.6 Å². The molecule has 1 aliphatic heterocycles. The standard InChI is InChI=1S/C15H28N2O2S/c1-3-20(18,19)16(2)15-9-11-17(12-10-15)13-14-7-5-4-6-8-14/h7,15H,3-6,8-13H2,1-2H3. The van der Waals surface area contributed by atoms with Crippen molar-refractivity contribution in [3.63, 3.8) is 0 Å². The number of sulfonamides is 1. The molecule has 20 heavy (non-hydrogen) atoms. The molecular weight excluding hydrogens is 272 g/mol. The highest BCUT2D eigenvalue weighted by atomic mass is 32.2. The van der Waals surface area contributed by atoms with E-state index < -0.39 is 10.0 Å². The Labute approximate surface area is 123 Å². The van der Waals surface area contributed by atoms with Gasteiger partial charge in [-0.25, -0.2) is 12.7 Å². The van der Waals surface area contributed by atoms with Gasteiger partial charge in [-0.3, -0.25) is 4.90 Å². The Balaban J connectivity index is 1.81. The zero-order chi connectivity index (χ0) is 14.6. The first kappa shape index (κ1) is 16.0. The van der Waals surface area contributed by atoms with Crippen LogP contribution in [0.25, 0.3) is 0 Å². The largest absolute Gasteiger partial charge is 0.299 e. The van der Waals surface area contributed by atoms with Crippen LogP contribution >= 0.6 is 0 Å². The van der Waals surface area contributed by atoms with Gasteiger partial charge in [0.15, 0.2) is 0 Å². The Morgan fingerprint density at radius 3 is 2.55 bits per heavy atom. The van der Waals surface area contributed by atoms with E-state index >= 15 is 0 Å². The molecule has 1 aliphatic carbocycles. The first-order valence-corrected chi connectivity index (χ1v) is 9.50. The minimum absolute atomic E-state index is 0.191. The lowest BCUT2D eigenvalue weighted by molar-refractivity contribution is 0.179. The van der Waals surface area contributed by atoms with Crippen molar-refractivity contribution < 1.29 is 8.42 Å². The topological polar surface area (TPSA) is 40.6 Å². The molecule has 5 heteroatoms. The second-order valence-electron chi connectivity index (χ2n) is 6.03. The number of hydrogen-bond donors (Lipinski definition) is 0. The fourth-order valence-electron chi connectivity index (χ4n) is 3.21. The molecule has 0 unspecified atom stereocenters. The number of likely N-dealkylation sites (tertiary alicyclic amines) is 1. The van der Waals surface area contributed by atoms with Gasteiger partial charge in [-0.2, -0.15) is 0 Å². The predicted molar refractivity (Wildman–Crippen MR) is 83.2 cm³/mol. The number of allylic oxidation sites excluding steroid dienone is 1. The van der Waals surface area contributed by atoms with Crippen molar-refractivity contribution in [2.75, 3.05) is 32.4 Å². The normalized spacial score (nSPS) is 23.1. The van der Waals surface area contributed by atoms with Crippen LogP contribution in [-0.2, 0) is 10.0 Å². The third-order valence-corrected chi connectivity index (χ3v) is 6.59. The van der Waals surface area contributed by atoms with Gasteiger partial charge in [0.25, 0.3) is 0 Å². The van der Waals surface area contributed by atoms with E-state index in [0.29, 0.717) is 0 Å². The third kappa shape index (κ3) is 4.06. The van der Waals surface area contributed by atoms with Gasteiger partial charge in [0, 0.05) is 19.6 Å². The van der Waals surface area contributed by atoms with Crippen molar-refractivity contribution in [3.8, 4) is 0 Å². The van der Waals surface area contributed by atoms with Crippen LogP contribution in [0.4, 0.5) is 0 Å². The summed E-state index contributed by atoms with van der Waals surface area (Å²) >= 11 is 0. The minimum atomic E-state index is -3.04. The monoisotopic (exact) mass is 300 g/mol. The highest BCUT2D eigenvalue weighted by Crippen LogP contribution is 2.22. The Hall–Kier alpha value is -0.390. The molecular formula is C15H28N2O2S. The molecule has 0 spiro atoms. The summed E-state index contributed by atoms with van der Waals surface area (Å²) in [5.41, 5.74) is 1.59. The molecule has 2 aliphatic rings. The van der Waals surface area contributed by atoms with E-state index in [9.17, 15) is 8.42 Å². The molecule has 116 valence electrons. The van der Waals surface area contributed by atoms with Gasteiger partial charge in [0.05, 0.1) is 5.75 Å². The molecule has 0 atom stereocenters. The van der Waals surface area contributed by atoms with E-state index in [1.54, 1.807) is 23.8 Å². The number of nitrogens with zero attached hydrogens (tertiary/aromatic N) is 2. The highest BCUT2D eigenvalue weighted by molar-refractivity contribution is 7.89. The van der Waals surface area contributed by atoms with E-state index in [1.807, 2.05) is 0 Å². The summed E-state index contributed by atoms with van der Waals surface area (Å²) in [5.74, 6) is 0.205. The lowest BCUT2D eigenvalue weighted by atomic mass is 9.98. The number of rotatable bonds is 5. The van der Waals surface area contributed by atoms with E-state index in [4.69, 9.17) is 0 Å². The van der Waals surface area contributed by atoms with Crippen LogP contribution in [0.2, 0.25) is 0 Å². The molecule has 0 radical (unpaired) electrons. The summed E-state index contributed by atoms with van der Waals surface area (Å²) in [7, 11) is -1.30. The zero-order valence-corrected chi connectivity index (χ0v) is 13.7. The molecule has 0 aromatic carbocycles. The first-order valence-electron chi connectivity index (χ1n) is 7.89. The Kier molecular flexibility index (Phi) is 5.64. The third-order valence-electron chi connectivity index (χ3n) is 4.69. The minimum Gasteiger partial charge on any atom is -0.299 e. The highest BCUT2D eigenvalue weighted by Gasteiger charge is 2.28. The second kappa shape index (κ2) is 7.05. The lowest BCUT2D eigenvalue weighted by Crippen LogP contribution is -2.46. The van der Waals surface area contributed by atoms with Gasteiger partial charge in [0.1, 0.15) is 0 Å². The summed E-state index contributed by atoms with van der Waals surface area (Å²) in [6.45, 7) is 4.85. The molecule has 0 aromatic rings. The molecule has 2 rings (SSSR count). The summed E-state index contributed by atoms with van der Waals surface area (Å²) in [6, 6.07) is 0.191. The Bertz CT molecular complexity index is 437. The maximum Gasteiger partial charge on any atom is 0.213 e. The number of hydrogen-bond acceptors (Lipinski definition) is 3. The Morgan fingerprint density at radius 1 is 1.30 bits per heavy atom. The summed E-state index contributed by atoms with van der Waals surface area (Å²) < 4.78 is 25.4. The van der Waals surface area contributed by atoms with Gasteiger partial charge in [-0.15, -0.1) is 0 Å². The predicted octanol–water partition coefficient (Wildman–Crippen LogP) is 2.23. The zero-order valence-electron chi connectivity index (χ0n) is 12.8. The summed E-state index contributed by atoms with van der Waals surface area (Å²) in [4.78, 5) is 2.49. The van der Waals surface area contributed by atoms with Gasteiger partial charge in [0.2, 0.25) is 10.0 Å². The maximum atomic E-state index is 11.9. The molecule has 0 saturated carbocycles. The second-order valence-corrected chi connectivity index (χ2v) is 8.35.